The second-order valence-corrected chi connectivity index (χ2v) is 12.7. The lowest BCUT2D eigenvalue weighted by Gasteiger charge is -2.21. The van der Waals surface area contributed by atoms with Crippen molar-refractivity contribution in [3.05, 3.63) is 46.1 Å². The van der Waals surface area contributed by atoms with Crippen LogP contribution in [0.1, 0.15) is 24.1 Å². The summed E-state index contributed by atoms with van der Waals surface area (Å²) in [5.41, 5.74) is 0.942. The van der Waals surface area contributed by atoms with Gasteiger partial charge in [-0.1, -0.05) is 39.8 Å². The molecule has 1 aromatic carbocycles. The van der Waals surface area contributed by atoms with E-state index in [4.69, 9.17) is 0 Å². The van der Waals surface area contributed by atoms with E-state index in [2.05, 4.69) is 60.4 Å². The lowest BCUT2D eigenvalue weighted by atomic mass is 9.95. The van der Waals surface area contributed by atoms with Crippen molar-refractivity contribution in [3.8, 4) is 10.7 Å². The molecule has 0 unspecified atom stereocenters. The van der Waals surface area contributed by atoms with E-state index in [-0.39, 0.29) is 17.8 Å². The average Bonchev–Trinajstić information content (AvgIpc) is 3.22. The summed E-state index contributed by atoms with van der Waals surface area (Å²) in [4.78, 5) is 3.70. The Morgan fingerprint density at radius 1 is 1.19 bits per heavy atom. The van der Waals surface area contributed by atoms with Crippen LogP contribution >= 0.6 is 51.4 Å². The van der Waals surface area contributed by atoms with Crippen LogP contribution in [0.2, 0.25) is 0 Å². The van der Waals surface area contributed by atoms with Gasteiger partial charge in [0, 0.05) is 48.2 Å². The molecule has 0 bridgehead atoms. The molecule has 0 spiro atoms. The van der Waals surface area contributed by atoms with Crippen molar-refractivity contribution in [2.45, 2.75) is 29.6 Å². The minimum Gasteiger partial charge on any atom is -0.304 e. The topological polar surface area (TPSA) is 51.8 Å². The number of nitrogens with zero attached hydrogens (tertiary/aromatic N) is 6. The zero-order valence-corrected chi connectivity index (χ0v) is 24.2. The first-order valence-electron chi connectivity index (χ1n) is 11.7. The molecule has 0 amide bonds. The SMILES string of the molecule is Cl.Cn1c(SCCCN2C[C@@H]3C[C@]3(c3ccc(Br)cc3)C2)nnc1-c1cc2c(C(F)(F)F)nn(C)c2s1. The summed E-state index contributed by atoms with van der Waals surface area (Å²) in [5.74, 6) is 2.25. The number of likely N-dealkylation sites (tertiary alicyclic amines) is 1. The third kappa shape index (κ3) is 4.84. The molecule has 1 aliphatic carbocycles. The van der Waals surface area contributed by atoms with E-state index in [1.807, 2.05) is 11.6 Å². The van der Waals surface area contributed by atoms with Crippen molar-refractivity contribution >= 4 is 61.7 Å². The van der Waals surface area contributed by atoms with Gasteiger partial charge in [-0.25, -0.2) is 0 Å². The minimum absolute atomic E-state index is 0. The molecule has 2 aliphatic rings. The standard InChI is InChI=1S/C24H24BrF3N6S2.ClH/c1-32-20(18-10-17-19(24(26,27)28)31-33(2)21(17)36-18)29-30-22(32)35-9-3-8-34-12-15-11-23(15,13-34)14-4-6-16(25)7-5-14;/h4-7,10,15H,3,8-9,11-13H2,1-2H3;1H/t15-,23+;/m0./s1. The first kappa shape index (κ1) is 27.0. The normalized spacial score (nSPS) is 21.4. The van der Waals surface area contributed by atoms with E-state index in [0.717, 1.165) is 47.4 Å². The highest BCUT2D eigenvalue weighted by Crippen LogP contribution is 2.59. The summed E-state index contributed by atoms with van der Waals surface area (Å²) in [6, 6.07) is 10.3. The molecule has 1 saturated carbocycles. The molecule has 4 aromatic rings. The second kappa shape index (κ2) is 9.86. The maximum atomic E-state index is 13.3. The van der Waals surface area contributed by atoms with Crippen molar-refractivity contribution in [3.63, 3.8) is 0 Å². The monoisotopic (exact) mass is 632 g/mol. The van der Waals surface area contributed by atoms with Gasteiger partial charge in [-0.2, -0.15) is 18.3 Å². The number of thiophene rings is 1. The molecule has 1 aliphatic heterocycles. The molecule has 0 N–H and O–H groups in total. The molecule has 13 heteroatoms. The molecular formula is C24H25BrClF3N6S2. The number of rotatable bonds is 7. The molecular weight excluding hydrogens is 609 g/mol. The third-order valence-electron chi connectivity index (χ3n) is 7.32. The zero-order chi connectivity index (χ0) is 25.2. The van der Waals surface area contributed by atoms with Gasteiger partial charge in [-0.15, -0.1) is 33.9 Å². The number of halogens is 5. The van der Waals surface area contributed by atoms with E-state index in [0.29, 0.717) is 20.9 Å². The van der Waals surface area contributed by atoms with Gasteiger partial charge >= 0.3 is 6.18 Å². The van der Waals surface area contributed by atoms with Gasteiger partial charge in [0.15, 0.2) is 16.7 Å². The maximum Gasteiger partial charge on any atom is 0.435 e. The third-order valence-corrected chi connectivity index (χ3v) is 10.2. The highest BCUT2D eigenvalue weighted by Gasteiger charge is 2.60. The van der Waals surface area contributed by atoms with Gasteiger partial charge in [0.1, 0.15) is 4.83 Å². The Hall–Kier alpha value is -1.60. The number of fused-ring (bicyclic) bond motifs is 2. The first-order chi connectivity index (χ1) is 17.2. The smallest absolute Gasteiger partial charge is 0.304 e. The molecule has 0 radical (unpaired) electrons. The number of benzene rings is 1. The highest BCUT2D eigenvalue weighted by atomic mass is 79.9. The summed E-state index contributed by atoms with van der Waals surface area (Å²) in [7, 11) is 3.39. The fraction of sp³-hybridized carbons (Fsp3) is 0.458. The summed E-state index contributed by atoms with van der Waals surface area (Å²) in [6.07, 6.45) is -2.16. The highest BCUT2D eigenvalue weighted by molar-refractivity contribution is 9.10. The number of hydrogen-bond donors (Lipinski definition) is 0. The fourth-order valence-corrected chi connectivity index (χ4v) is 7.64. The number of piperidine rings is 1. The Morgan fingerprint density at radius 2 is 1.95 bits per heavy atom. The predicted molar refractivity (Wildman–Crippen MR) is 147 cm³/mol. The van der Waals surface area contributed by atoms with Crippen LogP contribution in [0, 0.1) is 5.92 Å². The Morgan fingerprint density at radius 3 is 2.68 bits per heavy atom. The Kier molecular flexibility index (Phi) is 7.19. The Balaban J connectivity index is 0.00000280. The number of aromatic nitrogens is 5. The lowest BCUT2D eigenvalue weighted by molar-refractivity contribution is -0.140. The van der Waals surface area contributed by atoms with E-state index >= 15 is 0 Å². The molecule has 2 atom stereocenters. The molecule has 198 valence electrons. The zero-order valence-electron chi connectivity index (χ0n) is 20.1. The molecule has 1 saturated heterocycles. The molecule has 6 nitrogen and oxygen atoms in total. The van der Waals surface area contributed by atoms with Crippen molar-refractivity contribution in [2.75, 3.05) is 25.4 Å². The van der Waals surface area contributed by atoms with Crippen molar-refractivity contribution in [1.82, 2.24) is 29.4 Å². The van der Waals surface area contributed by atoms with E-state index in [1.165, 1.54) is 41.1 Å². The summed E-state index contributed by atoms with van der Waals surface area (Å²) >= 11 is 6.42. The van der Waals surface area contributed by atoms with Crippen LogP contribution in [0.5, 0.6) is 0 Å². The van der Waals surface area contributed by atoms with Gasteiger partial charge in [-0.3, -0.25) is 4.68 Å². The minimum atomic E-state index is -4.49. The van der Waals surface area contributed by atoms with Crippen LogP contribution in [0.25, 0.3) is 20.9 Å². The van der Waals surface area contributed by atoms with Gasteiger partial charge < -0.3 is 9.47 Å². The molecule has 2 fully saturated rings. The van der Waals surface area contributed by atoms with Crippen LogP contribution < -0.4 is 0 Å². The summed E-state index contributed by atoms with van der Waals surface area (Å²) < 4.78 is 44.3. The van der Waals surface area contributed by atoms with Crippen LogP contribution in [0.3, 0.4) is 0 Å². The number of alkyl halides is 3. The molecule has 3 aromatic heterocycles. The lowest BCUT2D eigenvalue weighted by Crippen LogP contribution is -2.27. The van der Waals surface area contributed by atoms with Gasteiger partial charge in [0.25, 0.3) is 0 Å². The molecule has 4 heterocycles. The van der Waals surface area contributed by atoms with Crippen LogP contribution in [-0.4, -0.2) is 54.8 Å². The van der Waals surface area contributed by atoms with Crippen molar-refractivity contribution in [2.24, 2.45) is 20.0 Å². The van der Waals surface area contributed by atoms with Crippen LogP contribution in [-0.2, 0) is 25.7 Å². The van der Waals surface area contributed by atoms with E-state index < -0.39 is 11.9 Å². The number of hydrogen-bond acceptors (Lipinski definition) is 6. The van der Waals surface area contributed by atoms with Crippen LogP contribution in [0.15, 0.2) is 40.0 Å². The molecule has 37 heavy (non-hydrogen) atoms. The van der Waals surface area contributed by atoms with Gasteiger partial charge in [-0.05, 0) is 49.1 Å². The second-order valence-electron chi connectivity index (χ2n) is 9.67. The summed E-state index contributed by atoms with van der Waals surface area (Å²) in [5, 5.41) is 13.1. The predicted octanol–water partition coefficient (Wildman–Crippen LogP) is 6.39. The van der Waals surface area contributed by atoms with Crippen molar-refractivity contribution in [1.29, 1.82) is 0 Å². The number of thioether (sulfide) groups is 1. The summed E-state index contributed by atoms with van der Waals surface area (Å²) in [6.45, 7) is 3.34. The maximum absolute atomic E-state index is 13.3. The largest absolute Gasteiger partial charge is 0.435 e. The Labute approximate surface area is 235 Å². The van der Waals surface area contributed by atoms with E-state index in [9.17, 15) is 13.2 Å². The quantitative estimate of drug-likeness (QED) is 0.174. The van der Waals surface area contributed by atoms with Crippen molar-refractivity contribution < 1.29 is 13.2 Å². The van der Waals surface area contributed by atoms with Crippen LogP contribution in [0.4, 0.5) is 13.2 Å². The van der Waals surface area contributed by atoms with Gasteiger partial charge in [0.2, 0.25) is 0 Å². The fourth-order valence-electron chi connectivity index (χ4n) is 5.45. The first-order valence-corrected chi connectivity index (χ1v) is 14.3. The number of aryl methyl sites for hydroxylation is 1. The molecule has 6 rings (SSSR count). The average molecular weight is 634 g/mol. The Bertz CT molecular complexity index is 1430. The van der Waals surface area contributed by atoms with Gasteiger partial charge in [0.05, 0.1) is 4.88 Å². The van der Waals surface area contributed by atoms with E-state index in [1.54, 1.807) is 11.8 Å².